The van der Waals surface area contributed by atoms with Crippen molar-refractivity contribution in [1.29, 1.82) is 0 Å². The van der Waals surface area contributed by atoms with Crippen molar-refractivity contribution < 1.29 is 9.47 Å². The number of hydrogen-bond acceptors (Lipinski definition) is 5. The van der Waals surface area contributed by atoms with E-state index in [2.05, 4.69) is 15.3 Å². The van der Waals surface area contributed by atoms with Gasteiger partial charge in [0.15, 0.2) is 0 Å². The number of rotatable bonds is 4. The smallest absolute Gasteiger partial charge is 0.142 e. The molecule has 0 aliphatic heterocycles. The van der Waals surface area contributed by atoms with Gasteiger partial charge in [-0.1, -0.05) is 0 Å². The van der Waals surface area contributed by atoms with Crippen LogP contribution in [0.4, 0.5) is 11.5 Å². The topological polar surface area (TPSA) is 56.3 Å². The summed E-state index contributed by atoms with van der Waals surface area (Å²) in [6, 6.07) is 7.30. The molecule has 5 heteroatoms. The molecule has 0 aliphatic rings. The van der Waals surface area contributed by atoms with Crippen molar-refractivity contribution in [3.8, 4) is 11.5 Å². The number of nitrogens with zero attached hydrogens (tertiary/aromatic N) is 2. The molecule has 1 aromatic carbocycles. The first-order chi connectivity index (χ1) is 8.33. The summed E-state index contributed by atoms with van der Waals surface area (Å²) in [7, 11) is 3.24. The zero-order valence-electron chi connectivity index (χ0n) is 9.68. The average molecular weight is 231 g/mol. The van der Waals surface area contributed by atoms with Gasteiger partial charge in [-0.05, 0) is 18.2 Å². The molecular weight excluding hydrogens is 218 g/mol. The summed E-state index contributed by atoms with van der Waals surface area (Å²) in [5.41, 5.74) is 0.797. The fraction of sp³-hybridized carbons (Fsp3) is 0.167. The van der Waals surface area contributed by atoms with Crippen molar-refractivity contribution in [3.05, 3.63) is 36.8 Å². The van der Waals surface area contributed by atoms with Gasteiger partial charge in [0.25, 0.3) is 0 Å². The lowest BCUT2D eigenvalue weighted by atomic mass is 10.2. The third kappa shape index (κ3) is 2.63. The minimum atomic E-state index is 0.701. The Morgan fingerprint density at radius 1 is 1.12 bits per heavy atom. The Labute approximate surface area is 99.4 Å². The molecule has 1 N–H and O–H groups in total. The Morgan fingerprint density at radius 3 is 2.65 bits per heavy atom. The van der Waals surface area contributed by atoms with E-state index in [1.54, 1.807) is 26.5 Å². The third-order valence-corrected chi connectivity index (χ3v) is 2.25. The molecule has 2 rings (SSSR count). The summed E-state index contributed by atoms with van der Waals surface area (Å²) in [4.78, 5) is 7.94. The first kappa shape index (κ1) is 11.2. The van der Waals surface area contributed by atoms with Gasteiger partial charge in [-0.2, -0.15) is 0 Å². The molecule has 0 aliphatic carbocycles. The normalized spacial score (nSPS) is 9.76. The van der Waals surface area contributed by atoms with Crippen LogP contribution >= 0.6 is 0 Å². The standard InChI is InChI=1S/C12H13N3O2/c1-16-9-3-4-11(17-2)10(7-9)15-12-5-6-13-8-14-12/h3-8H,1-2H3,(H,13,14,15). The highest BCUT2D eigenvalue weighted by atomic mass is 16.5. The summed E-state index contributed by atoms with van der Waals surface area (Å²) in [5.74, 6) is 2.18. The lowest BCUT2D eigenvalue weighted by Gasteiger charge is -2.11. The van der Waals surface area contributed by atoms with Gasteiger partial charge in [0.1, 0.15) is 23.6 Å². The molecule has 0 unspecified atom stereocenters. The van der Waals surface area contributed by atoms with E-state index in [4.69, 9.17) is 9.47 Å². The second-order valence-electron chi connectivity index (χ2n) is 3.29. The van der Waals surface area contributed by atoms with E-state index in [-0.39, 0.29) is 0 Å². The second kappa shape index (κ2) is 5.16. The molecule has 0 amide bonds. The summed E-state index contributed by atoms with van der Waals surface area (Å²) >= 11 is 0. The van der Waals surface area contributed by atoms with E-state index < -0.39 is 0 Å². The van der Waals surface area contributed by atoms with Gasteiger partial charge < -0.3 is 14.8 Å². The first-order valence-electron chi connectivity index (χ1n) is 5.08. The maximum Gasteiger partial charge on any atom is 0.142 e. The van der Waals surface area contributed by atoms with Crippen LogP contribution in [0.15, 0.2) is 36.8 Å². The molecule has 0 saturated heterocycles. The fourth-order valence-electron chi connectivity index (χ4n) is 1.41. The summed E-state index contributed by atoms with van der Waals surface area (Å²) in [6.07, 6.45) is 3.15. The Morgan fingerprint density at radius 2 is 2.00 bits per heavy atom. The van der Waals surface area contributed by atoms with Gasteiger partial charge in [-0.25, -0.2) is 9.97 Å². The first-order valence-corrected chi connectivity index (χ1v) is 5.08. The predicted molar refractivity (Wildman–Crippen MR) is 64.9 cm³/mol. The summed E-state index contributed by atoms with van der Waals surface area (Å²) < 4.78 is 10.4. The summed E-state index contributed by atoms with van der Waals surface area (Å²) in [5, 5.41) is 3.14. The Hall–Kier alpha value is -2.30. The minimum Gasteiger partial charge on any atom is -0.497 e. The van der Waals surface area contributed by atoms with Crippen LogP contribution in [0.3, 0.4) is 0 Å². The van der Waals surface area contributed by atoms with Crippen LogP contribution < -0.4 is 14.8 Å². The lowest BCUT2D eigenvalue weighted by Crippen LogP contribution is -1.97. The average Bonchev–Trinajstić information content (AvgIpc) is 2.40. The number of aromatic nitrogens is 2. The van der Waals surface area contributed by atoms with Gasteiger partial charge in [0, 0.05) is 12.3 Å². The van der Waals surface area contributed by atoms with E-state index in [0.717, 1.165) is 17.2 Å². The SMILES string of the molecule is COc1ccc(OC)c(Nc2ccncn2)c1. The van der Waals surface area contributed by atoms with Gasteiger partial charge in [-0.3, -0.25) is 0 Å². The molecule has 0 radical (unpaired) electrons. The largest absolute Gasteiger partial charge is 0.497 e. The van der Waals surface area contributed by atoms with Crippen LogP contribution in [0.25, 0.3) is 0 Å². The summed E-state index contributed by atoms with van der Waals surface area (Å²) in [6.45, 7) is 0. The molecule has 0 saturated carbocycles. The van der Waals surface area contributed by atoms with E-state index >= 15 is 0 Å². The fourth-order valence-corrected chi connectivity index (χ4v) is 1.41. The Balaban J connectivity index is 2.30. The number of benzene rings is 1. The van der Waals surface area contributed by atoms with Crippen LogP contribution in [0.2, 0.25) is 0 Å². The van der Waals surface area contributed by atoms with Gasteiger partial charge in [0.2, 0.25) is 0 Å². The number of methoxy groups -OCH3 is 2. The van der Waals surface area contributed by atoms with Crippen LogP contribution in [-0.2, 0) is 0 Å². The van der Waals surface area contributed by atoms with Gasteiger partial charge >= 0.3 is 0 Å². The number of anilines is 2. The quantitative estimate of drug-likeness (QED) is 0.874. The van der Waals surface area contributed by atoms with Crippen LogP contribution in [0.1, 0.15) is 0 Å². The van der Waals surface area contributed by atoms with E-state index in [1.165, 1.54) is 6.33 Å². The van der Waals surface area contributed by atoms with Crippen LogP contribution in [0, 0.1) is 0 Å². The van der Waals surface area contributed by atoms with Crippen LogP contribution in [-0.4, -0.2) is 24.2 Å². The molecule has 0 bridgehead atoms. The molecule has 1 heterocycles. The van der Waals surface area contributed by atoms with Crippen molar-refractivity contribution >= 4 is 11.5 Å². The molecule has 1 aromatic heterocycles. The van der Waals surface area contributed by atoms with Crippen LogP contribution in [0.5, 0.6) is 11.5 Å². The molecule has 17 heavy (non-hydrogen) atoms. The third-order valence-electron chi connectivity index (χ3n) is 2.25. The van der Waals surface area contributed by atoms with Crippen molar-refractivity contribution in [2.45, 2.75) is 0 Å². The minimum absolute atomic E-state index is 0.701. The Kier molecular flexibility index (Phi) is 3.40. The number of hydrogen-bond donors (Lipinski definition) is 1. The second-order valence-corrected chi connectivity index (χ2v) is 3.29. The molecule has 0 spiro atoms. The molecular formula is C12H13N3O2. The molecule has 2 aromatic rings. The lowest BCUT2D eigenvalue weighted by molar-refractivity contribution is 0.405. The number of ether oxygens (including phenoxy) is 2. The van der Waals surface area contributed by atoms with Crippen molar-refractivity contribution in [2.24, 2.45) is 0 Å². The zero-order valence-corrected chi connectivity index (χ0v) is 9.68. The molecule has 0 fully saturated rings. The van der Waals surface area contributed by atoms with Gasteiger partial charge in [0.05, 0.1) is 19.9 Å². The maximum atomic E-state index is 5.26. The highest BCUT2D eigenvalue weighted by Gasteiger charge is 2.05. The van der Waals surface area contributed by atoms with Crippen molar-refractivity contribution in [1.82, 2.24) is 9.97 Å². The van der Waals surface area contributed by atoms with E-state index in [9.17, 15) is 0 Å². The van der Waals surface area contributed by atoms with Crippen molar-refractivity contribution in [2.75, 3.05) is 19.5 Å². The predicted octanol–water partition coefficient (Wildman–Crippen LogP) is 2.24. The molecule has 0 atom stereocenters. The Bertz CT molecular complexity index is 488. The van der Waals surface area contributed by atoms with E-state index in [1.807, 2.05) is 18.2 Å². The van der Waals surface area contributed by atoms with Gasteiger partial charge in [-0.15, -0.1) is 0 Å². The van der Waals surface area contributed by atoms with E-state index in [0.29, 0.717) is 5.82 Å². The maximum absolute atomic E-state index is 5.26. The zero-order chi connectivity index (χ0) is 12.1. The number of nitrogens with one attached hydrogen (secondary N) is 1. The van der Waals surface area contributed by atoms with Crippen molar-refractivity contribution in [3.63, 3.8) is 0 Å². The monoisotopic (exact) mass is 231 g/mol. The highest BCUT2D eigenvalue weighted by Crippen LogP contribution is 2.30. The highest BCUT2D eigenvalue weighted by molar-refractivity contribution is 5.66. The molecule has 5 nitrogen and oxygen atoms in total. The molecule has 88 valence electrons.